The van der Waals surface area contributed by atoms with Crippen LogP contribution in [0.25, 0.3) is 0 Å². The zero-order valence-corrected chi connectivity index (χ0v) is 11.9. The molecular weight excluding hydrogens is 253 g/mol. The number of benzene rings is 1. The SMILES string of the molecule is Cc1cc(Cl)c(NC(C)C2CCCC2)cc1Cl. The fraction of sp³-hybridized carbons (Fsp3) is 0.571. The Bertz CT molecular complexity index is 397. The Morgan fingerprint density at radius 1 is 1.18 bits per heavy atom. The monoisotopic (exact) mass is 271 g/mol. The molecule has 1 N–H and O–H groups in total. The molecular formula is C14H19Cl2N. The van der Waals surface area contributed by atoms with Gasteiger partial charge in [0.2, 0.25) is 0 Å². The van der Waals surface area contributed by atoms with Crippen LogP contribution < -0.4 is 5.32 Å². The van der Waals surface area contributed by atoms with Gasteiger partial charge in [-0.15, -0.1) is 0 Å². The van der Waals surface area contributed by atoms with Crippen molar-refractivity contribution in [2.75, 3.05) is 5.32 Å². The van der Waals surface area contributed by atoms with Gasteiger partial charge in [-0.25, -0.2) is 0 Å². The molecule has 1 nitrogen and oxygen atoms in total. The highest BCUT2D eigenvalue weighted by Crippen LogP contribution is 2.33. The van der Waals surface area contributed by atoms with Crippen LogP contribution >= 0.6 is 23.2 Å². The van der Waals surface area contributed by atoms with Crippen LogP contribution in [0.3, 0.4) is 0 Å². The van der Waals surface area contributed by atoms with E-state index in [-0.39, 0.29) is 0 Å². The Morgan fingerprint density at radius 2 is 1.82 bits per heavy atom. The van der Waals surface area contributed by atoms with Crippen molar-refractivity contribution in [1.29, 1.82) is 0 Å². The van der Waals surface area contributed by atoms with Gasteiger partial charge in [-0.3, -0.25) is 0 Å². The Kier molecular flexibility index (Phi) is 4.22. The van der Waals surface area contributed by atoms with E-state index in [0.717, 1.165) is 27.2 Å². The smallest absolute Gasteiger partial charge is 0.0641 e. The molecule has 1 atom stereocenters. The quantitative estimate of drug-likeness (QED) is 0.788. The summed E-state index contributed by atoms with van der Waals surface area (Å²) in [5.41, 5.74) is 1.98. The zero-order valence-electron chi connectivity index (χ0n) is 10.4. The molecule has 17 heavy (non-hydrogen) atoms. The fourth-order valence-electron chi connectivity index (χ4n) is 2.58. The number of aryl methyl sites for hydroxylation is 1. The molecule has 1 aromatic rings. The van der Waals surface area contributed by atoms with Gasteiger partial charge < -0.3 is 5.32 Å². The molecule has 94 valence electrons. The molecule has 0 radical (unpaired) electrons. The molecule has 0 bridgehead atoms. The zero-order chi connectivity index (χ0) is 12.4. The summed E-state index contributed by atoms with van der Waals surface area (Å²) in [5.74, 6) is 0.770. The highest BCUT2D eigenvalue weighted by atomic mass is 35.5. The Hall–Kier alpha value is -0.400. The van der Waals surface area contributed by atoms with E-state index in [1.807, 2.05) is 19.1 Å². The lowest BCUT2D eigenvalue weighted by molar-refractivity contribution is 0.482. The highest BCUT2D eigenvalue weighted by molar-refractivity contribution is 6.35. The first kappa shape index (κ1) is 13.0. The molecule has 0 amide bonds. The van der Waals surface area contributed by atoms with Crippen molar-refractivity contribution in [2.24, 2.45) is 5.92 Å². The lowest BCUT2D eigenvalue weighted by Crippen LogP contribution is -2.23. The van der Waals surface area contributed by atoms with Gasteiger partial charge in [-0.2, -0.15) is 0 Å². The number of hydrogen-bond acceptors (Lipinski definition) is 1. The molecule has 0 spiro atoms. The van der Waals surface area contributed by atoms with Crippen molar-refractivity contribution in [2.45, 2.75) is 45.6 Å². The molecule has 1 unspecified atom stereocenters. The van der Waals surface area contributed by atoms with Crippen molar-refractivity contribution < 1.29 is 0 Å². The lowest BCUT2D eigenvalue weighted by Gasteiger charge is -2.22. The van der Waals surface area contributed by atoms with Crippen molar-refractivity contribution >= 4 is 28.9 Å². The minimum Gasteiger partial charge on any atom is -0.381 e. The molecule has 3 heteroatoms. The van der Waals surface area contributed by atoms with E-state index in [1.54, 1.807) is 0 Å². The van der Waals surface area contributed by atoms with Gasteiger partial charge in [-0.1, -0.05) is 36.0 Å². The number of anilines is 1. The molecule has 0 heterocycles. The second-order valence-electron chi connectivity index (χ2n) is 5.06. The molecule has 1 fully saturated rings. The summed E-state index contributed by atoms with van der Waals surface area (Å²) in [6.07, 6.45) is 5.37. The van der Waals surface area contributed by atoms with E-state index < -0.39 is 0 Å². The third-order valence-corrected chi connectivity index (χ3v) is 4.46. The van der Waals surface area contributed by atoms with Crippen LogP contribution in [0.1, 0.15) is 38.2 Å². The minimum atomic E-state index is 0.466. The first-order valence-electron chi connectivity index (χ1n) is 6.30. The van der Waals surface area contributed by atoms with E-state index in [9.17, 15) is 0 Å². The highest BCUT2D eigenvalue weighted by Gasteiger charge is 2.21. The molecule has 1 aromatic carbocycles. The first-order chi connectivity index (χ1) is 8.08. The second-order valence-corrected chi connectivity index (χ2v) is 5.87. The Morgan fingerprint density at radius 3 is 2.47 bits per heavy atom. The third-order valence-electron chi connectivity index (χ3n) is 3.74. The largest absolute Gasteiger partial charge is 0.381 e. The normalized spacial score (nSPS) is 18.4. The van der Waals surface area contributed by atoms with Crippen LogP contribution in [-0.2, 0) is 0 Å². The summed E-state index contributed by atoms with van der Waals surface area (Å²) in [7, 11) is 0. The van der Waals surface area contributed by atoms with E-state index in [2.05, 4.69) is 12.2 Å². The molecule has 1 aliphatic carbocycles. The molecule has 0 aromatic heterocycles. The maximum Gasteiger partial charge on any atom is 0.0641 e. The van der Waals surface area contributed by atoms with E-state index in [0.29, 0.717) is 6.04 Å². The van der Waals surface area contributed by atoms with Gasteiger partial charge in [0, 0.05) is 11.1 Å². The predicted molar refractivity (Wildman–Crippen MR) is 76.2 cm³/mol. The summed E-state index contributed by atoms with van der Waals surface area (Å²) in [6.45, 7) is 4.21. The van der Waals surface area contributed by atoms with Crippen molar-refractivity contribution in [3.8, 4) is 0 Å². The van der Waals surface area contributed by atoms with E-state index >= 15 is 0 Å². The summed E-state index contributed by atoms with van der Waals surface area (Å²) in [4.78, 5) is 0. The average Bonchev–Trinajstić information content (AvgIpc) is 2.79. The summed E-state index contributed by atoms with van der Waals surface area (Å²) >= 11 is 12.4. The second kappa shape index (κ2) is 5.49. The molecule has 2 rings (SSSR count). The standard InChI is InChI=1S/C14H19Cl2N/c1-9-7-13(16)14(8-12(9)15)17-10(2)11-5-3-4-6-11/h7-8,10-11,17H,3-6H2,1-2H3. The predicted octanol–water partition coefficient (Wildman–Crippen LogP) is 5.29. The molecule has 1 aliphatic rings. The molecule has 0 saturated heterocycles. The van der Waals surface area contributed by atoms with Gasteiger partial charge in [0.15, 0.2) is 0 Å². The topological polar surface area (TPSA) is 12.0 Å². The summed E-state index contributed by atoms with van der Waals surface area (Å²) in [6, 6.07) is 4.33. The first-order valence-corrected chi connectivity index (χ1v) is 7.05. The maximum absolute atomic E-state index is 6.23. The van der Waals surface area contributed by atoms with E-state index in [1.165, 1.54) is 25.7 Å². The van der Waals surface area contributed by atoms with Crippen molar-refractivity contribution in [3.63, 3.8) is 0 Å². The number of halogens is 2. The van der Waals surface area contributed by atoms with Crippen molar-refractivity contribution in [3.05, 3.63) is 27.7 Å². The molecule has 0 aliphatic heterocycles. The van der Waals surface area contributed by atoms with Crippen LogP contribution in [0.5, 0.6) is 0 Å². The summed E-state index contributed by atoms with van der Waals surface area (Å²) in [5, 5.41) is 5.04. The number of hydrogen-bond donors (Lipinski definition) is 1. The van der Waals surface area contributed by atoms with Crippen LogP contribution in [0.15, 0.2) is 12.1 Å². The van der Waals surface area contributed by atoms with Crippen LogP contribution in [0, 0.1) is 12.8 Å². The Balaban J connectivity index is 2.09. The van der Waals surface area contributed by atoms with Gasteiger partial charge in [-0.05, 0) is 50.3 Å². The summed E-state index contributed by atoms with van der Waals surface area (Å²) < 4.78 is 0. The van der Waals surface area contributed by atoms with Crippen LogP contribution in [-0.4, -0.2) is 6.04 Å². The average molecular weight is 272 g/mol. The van der Waals surface area contributed by atoms with Crippen LogP contribution in [0.2, 0.25) is 10.0 Å². The molecule has 1 saturated carbocycles. The van der Waals surface area contributed by atoms with E-state index in [4.69, 9.17) is 23.2 Å². The van der Waals surface area contributed by atoms with Gasteiger partial charge >= 0.3 is 0 Å². The fourth-order valence-corrected chi connectivity index (χ4v) is 3.01. The van der Waals surface area contributed by atoms with Crippen molar-refractivity contribution in [1.82, 2.24) is 0 Å². The lowest BCUT2D eigenvalue weighted by atomic mass is 9.99. The maximum atomic E-state index is 6.23. The van der Waals surface area contributed by atoms with Gasteiger partial charge in [0.05, 0.1) is 10.7 Å². The third kappa shape index (κ3) is 3.08. The van der Waals surface area contributed by atoms with Crippen LogP contribution in [0.4, 0.5) is 5.69 Å². The Labute approximate surface area is 114 Å². The van der Waals surface area contributed by atoms with Gasteiger partial charge in [0.1, 0.15) is 0 Å². The number of nitrogens with one attached hydrogen (secondary N) is 1. The minimum absolute atomic E-state index is 0.466. The number of rotatable bonds is 3. The van der Waals surface area contributed by atoms with Gasteiger partial charge in [0.25, 0.3) is 0 Å².